The monoisotopic (exact) mass is 202 g/mol. The first kappa shape index (κ1) is 13.4. The summed E-state index contributed by atoms with van der Waals surface area (Å²) in [6.07, 6.45) is 3.07. The summed E-state index contributed by atoms with van der Waals surface area (Å²) in [7, 11) is 1.65. The van der Waals surface area contributed by atoms with Crippen molar-refractivity contribution in [2.45, 2.75) is 38.7 Å². The van der Waals surface area contributed by atoms with Crippen LogP contribution < -0.4 is 10.6 Å². The van der Waals surface area contributed by atoms with Crippen LogP contribution in [-0.4, -0.2) is 37.3 Å². The van der Waals surface area contributed by atoms with Gasteiger partial charge in [-0.25, -0.2) is 0 Å². The smallest absolute Gasteiger partial charge is 0.219 e. The molecular formula is C10H22N2O2. The van der Waals surface area contributed by atoms with E-state index in [1.54, 1.807) is 14.0 Å². The quantitative estimate of drug-likeness (QED) is 0.495. The molecule has 0 aliphatic carbocycles. The highest BCUT2D eigenvalue weighted by Gasteiger charge is 1.97. The summed E-state index contributed by atoms with van der Waals surface area (Å²) < 4.78 is 0. The lowest BCUT2D eigenvalue weighted by molar-refractivity contribution is -0.120. The summed E-state index contributed by atoms with van der Waals surface area (Å²) in [6.45, 7) is 3.58. The van der Waals surface area contributed by atoms with Gasteiger partial charge in [-0.3, -0.25) is 4.79 Å². The molecule has 0 aromatic rings. The molecule has 0 aliphatic rings. The number of hydrogen-bond acceptors (Lipinski definition) is 3. The summed E-state index contributed by atoms with van der Waals surface area (Å²) >= 11 is 0. The molecule has 0 spiro atoms. The van der Waals surface area contributed by atoms with Crippen molar-refractivity contribution in [3.05, 3.63) is 0 Å². The van der Waals surface area contributed by atoms with Crippen LogP contribution >= 0.6 is 0 Å². The van der Waals surface area contributed by atoms with E-state index in [0.717, 1.165) is 32.4 Å². The fourth-order valence-electron chi connectivity index (χ4n) is 1.15. The van der Waals surface area contributed by atoms with E-state index >= 15 is 0 Å². The molecule has 14 heavy (non-hydrogen) atoms. The van der Waals surface area contributed by atoms with Gasteiger partial charge in [0.15, 0.2) is 0 Å². The lowest BCUT2D eigenvalue weighted by atomic mass is 10.2. The zero-order valence-corrected chi connectivity index (χ0v) is 9.18. The van der Waals surface area contributed by atoms with Crippen LogP contribution in [0.2, 0.25) is 0 Å². The fraction of sp³-hybridized carbons (Fsp3) is 0.900. The van der Waals surface area contributed by atoms with E-state index in [9.17, 15) is 4.79 Å². The molecular weight excluding hydrogens is 180 g/mol. The van der Waals surface area contributed by atoms with Crippen LogP contribution in [0.15, 0.2) is 0 Å². The first-order valence-electron chi connectivity index (χ1n) is 5.26. The molecule has 0 aromatic heterocycles. The molecule has 0 aliphatic heterocycles. The Labute approximate surface area is 86.1 Å². The van der Waals surface area contributed by atoms with E-state index in [4.69, 9.17) is 5.11 Å². The highest BCUT2D eigenvalue weighted by molar-refractivity contribution is 5.75. The highest BCUT2D eigenvalue weighted by Crippen LogP contribution is 1.93. The molecule has 1 unspecified atom stereocenters. The molecule has 1 atom stereocenters. The molecule has 0 heterocycles. The number of carbonyl (C=O) groups is 1. The molecule has 4 nitrogen and oxygen atoms in total. The van der Waals surface area contributed by atoms with Gasteiger partial charge in [0, 0.05) is 13.5 Å². The van der Waals surface area contributed by atoms with E-state index < -0.39 is 0 Å². The molecule has 4 heteroatoms. The predicted molar refractivity (Wildman–Crippen MR) is 57.1 cm³/mol. The van der Waals surface area contributed by atoms with Gasteiger partial charge >= 0.3 is 0 Å². The molecule has 0 bridgehead atoms. The molecule has 1 amide bonds. The van der Waals surface area contributed by atoms with Gasteiger partial charge in [0.1, 0.15) is 0 Å². The number of aliphatic hydroxyl groups is 1. The second kappa shape index (κ2) is 8.97. The number of aliphatic hydroxyl groups excluding tert-OH is 1. The van der Waals surface area contributed by atoms with Gasteiger partial charge in [0.05, 0.1) is 6.10 Å². The standard InChI is InChI=1S/C10H22N2O2/c1-9(13)5-3-7-12-8-4-6-10(14)11-2/h9,12-13H,3-8H2,1-2H3,(H,11,14). The van der Waals surface area contributed by atoms with Crippen molar-refractivity contribution in [3.63, 3.8) is 0 Å². The summed E-state index contributed by atoms with van der Waals surface area (Å²) in [5.74, 6) is 0.0933. The first-order valence-corrected chi connectivity index (χ1v) is 5.26. The van der Waals surface area contributed by atoms with Crippen LogP contribution in [0.1, 0.15) is 32.6 Å². The molecule has 3 N–H and O–H groups in total. The van der Waals surface area contributed by atoms with Gasteiger partial charge in [-0.15, -0.1) is 0 Å². The Morgan fingerprint density at radius 2 is 2.00 bits per heavy atom. The Hall–Kier alpha value is -0.610. The first-order chi connectivity index (χ1) is 6.66. The molecule has 0 radical (unpaired) electrons. The van der Waals surface area contributed by atoms with Gasteiger partial charge in [-0.1, -0.05) is 0 Å². The van der Waals surface area contributed by atoms with Gasteiger partial charge in [0.25, 0.3) is 0 Å². The number of amides is 1. The zero-order chi connectivity index (χ0) is 10.8. The molecule has 0 saturated heterocycles. The van der Waals surface area contributed by atoms with Crippen LogP contribution in [0.5, 0.6) is 0 Å². The van der Waals surface area contributed by atoms with Crippen molar-refractivity contribution in [1.29, 1.82) is 0 Å². The van der Waals surface area contributed by atoms with Gasteiger partial charge in [-0.2, -0.15) is 0 Å². The van der Waals surface area contributed by atoms with Crippen molar-refractivity contribution >= 4 is 5.91 Å². The third-order valence-corrected chi connectivity index (χ3v) is 2.01. The lowest BCUT2D eigenvalue weighted by Gasteiger charge is -2.05. The Morgan fingerprint density at radius 3 is 2.57 bits per heavy atom. The lowest BCUT2D eigenvalue weighted by Crippen LogP contribution is -2.22. The molecule has 0 fully saturated rings. The van der Waals surface area contributed by atoms with E-state index in [1.807, 2.05) is 0 Å². The van der Waals surface area contributed by atoms with Crippen molar-refractivity contribution in [1.82, 2.24) is 10.6 Å². The summed E-state index contributed by atoms with van der Waals surface area (Å²) in [5, 5.41) is 14.8. The normalized spacial score (nSPS) is 12.5. The Morgan fingerprint density at radius 1 is 1.36 bits per heavy atom. The minimum Gasteiger partial charge on any atom is -0.393 e. The van der Waals surface area contributed by atoms with Gasteiger partial charge in [-0.05, 0) is 39.3 Å². The second-order valence-electron chi connectivity index (χ2n) is 3.52. The average molecular weight is 202 g/mol. The maximum absolute atomic E-state index is 10.8. The summed E-state index contributed by atoms with van der Waals surface area (Å²) in [6, 6.07) is 0. The SMILES string of the molecule is CNC(=O)CCCNCCCC(C)O. The number of hydrogen-bond donors (Lipinski definition) is 3. The topological polar surface area (TPSA) is 61.4 Å². The summed E-state index contributed by atoms with van der Waals surface area (Å²) in [4.78, 5) is 10.8. The predicted octanol–water partition coefficient (Wildman–Crippen LogP) is 0.263. The van der Waals surface area contributed by atoms with Gasteiger partial charge in [0.2, 0.25) is 5.91 Å². The molecule has 0 rings (SSSR count). The number of nitrogens with one attached hydrogen (secondary N) is 2. The Balaban J connectivity index is 3.03. The van der Waals surface area contributed by atoms with Crippen LogP contribution in [0.4, 0.5) is 0 Å². The van der Waals surface area contributed by atoms with Crippen LogP contribution in [0.3, 0.4) is 0 Å². The fourth-order valence-corrected chi connectivity index (χ4v) is 1.15. The minimum absolute atomic E-state index is 0.0933. The number of rotatable bonds is 8. The third-order valence-electron chi connectivity index (χ3n) is 2.01. The Kier molecular flexibility index (Phi) is 8.57. The van der Waals surface area contributed by atoms with Crippen molar-refractivity contribution in [2.24, 2.45) is 0 Å². The van der Waals surface area contributed by atoms with E-state index in [2.05, 4.69) is 10.6 Å². The maximum Gasteiger partial charge on any atom is 0.219 e. The Bertz CT molecular complexity index is 149. The zero-order valence-electron chi connectivity index (χ0n) is 9.18. The largest absolute Gasteiger partial charge is 0.393 e. The van der Waals surface area contributed by atoms with Crippen LogP contribution in [-0.2, 0) is 4.79 Å². The highest BCUT2D eigenvalue weighted by atomic mass is 16.3. The van der Waals surface area contributed by atoms with Crippen LogP contribution in [0, 0.1) is 0 Å². The molecule has 0 aromatic carbocycles. The van der Waals surface area contributed by atoms with Crippen molar-refractivity contribution in [3.8, 4) is 0 Å². The minimum atomic E-state index is -0.206. The van der Waals surface area contributed by atoms with E-state index in [1.165, 1.54) is 0 Å². The number of carbonyl (C=O) groups excluding carboxylic acids is 1. The van der Waals surface area contributed by atoms with Gasteiger partial charge < -0.3 is 15.7 Å². The average Bonchev–Trinajstić information content (AvgIpc) is 2.15. The maximum atomic E-state index is 10.8. The third kappa shape index (κ3) is 9.48. The molecule has 84 valence electrons. The second-order valence-corrected chi connectivity index (χ2v) is 3.52. The van der Waals surface area contributed by atoms with Crippen molar-refractivity contribution < 1.29 is 9.90 Å². The van der Waals surface area contributed by atoms with Crippen LogP contribution in [0.25, 0.3) is 0 Å². The van der Waals surface area contributed by atoms with E-state index in [-0.39, 0.29) is 12.0 Å². The molecule has 0 saturated carbocycles. The van der Waals surface area contributed by atoms with Crippen molar-refractivity contribution in [2.75, 3.05) is 20.1 Å². The summed E-state index contributed by atoms with van der Waals surface area (Å²) in [5.41, 5.74) is 0. The van der Waals surface area contributed by atoms with E-state index in [0.29, 0.717) is 6.42 Å².